The number of esters is 2. The van der Waals surface area contributed by atoms with Crippen LogP contribution in [0.3, 0.4) is 0 Å². The number of carbonyl (C=O) groups excluding carboxylic acids is 2. The van der Waals surface area contributed by atoms with Gasteiger partial charge in [0.2, 0.25) is 0 Å². The second-order valence-electron chi connectivity index (χ2n) is 6.11. The van der Waals surface area contributed by atoms with Crippen molar-refractivity contribution in [1.29, 1.82) is 0 Å². The Bertz CT molecular complexity index is 778. The van der Waals surface area contributed by atoms with Gasteiger partial charge in [-0.15, -0.1) is 6.58 Å². The van der Waals surface area contributed by atoms with Gasteiger partial charge < -0.3 is 9.47 Å². The molecule has 0 saturated carbocycles. The molecule has 0 saturated heterocycles. The van der Waals surface area contributed by atoms with Crippen molar-refractivity contribution in [1.82, 2.24) is 0 Å². The summed E-state index contributed by atoms with van der Waals surface area (Å²) >= 11 is 0. The van der Waals surface area contributed by atoms with E-state index in [4.69, 9.17) is 9.47 Å². The molecule has 0 aliphatic rings. The van der Waals surface area contributed by atoms with E-state index in [1.807, 2.05) is 72.8 Å². The predicted octanol–water partition coefficient (Wildman–Crippen LogP) is 4.39. The van der Waals surface area contributed by atoms with Gasteiger partial charge in [-0.1, -0.05) is 78.9 Å². The van der Waals surface area contributed by atoms with Crippen molar-refractivity contribution in [2.75, 3.05) is 14.2 Å². The number of carbonyl (C=O) groups is 2. The summed E-state index contributed by atoms with van der Waals surface area (Å²) in [5, 5.41) is 0. The molecule has 4 nitrogen and oxygen atoms in total. The second kappa shape index (κ2) is 9.53. The maximum Gasteiger partial charge on any atom is 0.324 e. The van der Waals surface area contributed by atoms with Crippen LogP contribution in [-0.2, 0) is 19.1 Å². The molecule has 2 rings (SSSR count). The molecule has 0 fully saturated rings. The topological polar surface area (TPSA) is 52.6 Å². The standard InChI is InChI=1S/C23H24O4/c1-4-17-23(21(24)26-2,22(25)27-3)20(19-13-9-6-10-14-19)16-15-18-11-7-5-8-12-18/h4-16,20H,1,17H2,2-3H3/b16-15+. The number of methoxy groups -OCH3 is 2. The fourth-order valence-corrected chi connectivity index (χ4v) is 3.21. The van der Waals surface area contributed by atoms with Crippen molar-refractivity contribution in [2.24, 2.45) is 5.41 Å². The minimum Gasteiger partial charge on any atom is -0.468 e. The minimum absolute atomic E-state index is 0.0883. The molecule has 2 aromatic carbocycles. The summed E-state index contributed by atoms with van der Waals surface area (Å²) < 4.78 is 10.0. The molecule has 0 heterocycles. The van der Waals surface area contributed by atoms with Crippen molar-refractivity contribution >= 4 is 18.0 Å². The van der Waals surface area contributed by atoms with Crippen LogP contribution in [-0.4, -0.2) is 26.2 Å². The van der Waals surface area contributed by atoms with Crippen LogP contribution in [0.15, 0.2) is 79.4 Å². The quantitative estimate of drug-likeness (QED) is 0.396. The fourth-order valence-electron chi connectivity index (χ4n) is 3.21. The van der Waals surface area contributed by atoms with Crippen LogP contribution in [0.4, 0.5) is 0 Å². The van der Waals surface area contributed by atoms with Gasteiger partial charge in [-0.2, -0.15) is 0 Å². The van der Waals surface area contributed by atoms with Gasteiger partial charge in [0.05, 0.1) is 14.2 Å². The third-order valence-corrected chi connectivity index (χ3v) is 4.54. The molecular weight excluding hydrogens is 340 g/mol. The third kappa shape index (κ3) is 4.34. The largest absolute Gasteiger partial charge is 0.468 e. The lowest BCUT2D eigenvalue weighted by Gasteiger charge is -2.33. The predicted molar refractivity (Wildman–Crippen MR) is 106 cm³/mol. The average Bonchev–Trinajstić information content (AvgIpc) is 2.73. The van der Waals surface area contributed by atoms with Crippen molar-refractivity contribution < 1.29 is 19.1 Å². The van der Waals surface area contributed by atoms with Gasteiger partial charge in [0.25, 0.3) is 0 Å². The van der Waals surface area contributed by atoms with Crippen molar-refractivity contribution in [3.63, 3.8) is 0 Å². The maximum absolute atomic E-state index is 12.8. The highest BCUT2D eigenvalue weighted by atomic mass is 16.5. The summed E-state index contributed by atoms with van der Waals surface area (Å²) in [4.78, 5) is 25.7. The van der Waals surface area contributed by atoms with Crippen LogP contribution in [0.25, 0.3) is 6.08 Å². The summed E-state index contributed by atoms with van der Waals surface area (Å²) in [5.74, 6) is -1.89. The molecule has 0 spiro atoms. The SMILES string of the molecule is C=CCC(C(=O)OC)(C(=O)OC)C(/C=C/c1ccccc1)c1ccccc1. The Morgan fingerprint density at radius 1 is 0.963 bits per heavy atom. The van der Waals surface area contributed by atoms with Crippen LogP contribution in [0.2, 0.25) is 0 Å². The zero-order chi connectivity index (χ0) is 19.7. The van der Waals surface area contributed by atoms with Crippen LogP contribution < -0.4 is 0 Å². The molecule has 140 valence electrons. The van der Waals surface area contributed by atoms with E-state index in [-0.39, 0.29) is 6.42 Å². The molecule has 1 atom stereocenters. The third-order valence-electron chi connectivity index (χ3n) is 4.54. The molecule has 27 heavy (non-hydrogen) atoms. The van der Waals surface area contributed by atoms with E-state index in [0.29, 0.717) is 0 Å². The lowest BCUT2D eigenvalue weighted by molar-refractivity contribution is -0.170. The lowest BCUT2D eigenvalue weighted by Crippen LogP contribution is -2.45. The lowest BCUT2D eigenvalue weighted by atomic mass is 9.69. The zero-order valence-corrected chi connectivity index (χ0v) is 15.6. The maximum atomic E-state index is 12.8. The van der Waals surface area contributed by atoms with Crippen LogP contribution in [0.5, 0.6) is 0 Å². The van der Waals surface area contributed by atoms with Gasteiger partial charge in [-0.05, 0) is 17.5 Å². The molecule has 0 radical (unpaired) electrons. The van der Waals surface area contributed by atoms with Crippen molar-refractivity contribution in [2.45, 2.75) is 12.3 Å². The van der Waals surface area contributed by atoms with Crippen LogP contribution >= 0.6 is 0 Å². The van der Waals surface area contributed by atoms with Crippen molar-refractivity contribution in [3.05, 3.63) is 90.5 Å². The smallest absolute Gasteiger partial charge is 0.324 e. The monoisotopic (exact) mass is 364 g/mol. The Morgan fingerprint density at radius 3 is 1.96 bits per heavy atom. The Morgan fingerprint density at radius 2 is 1.48 bits per heavy atom. The highest BCUT2D eigenvalue weighted by Crippen LogP contribution is 2.43. The summed E-state index contributed by atoms with van der Waals surface area (Å²) in [5.41, 5.74) is 0.209. The first-order valence-electron chi connectivity index (χ1n) is 8.66. The highest BCUT2D eigenvalue weighted by molar-refractivity contribution is 6.02. The van der Waals surface area contributed by atoms with E-state index >= 15 is 0 Å². The van der Waals surface area contributed by atoms with E-state index in [9.17, 15) is 9.59 Å². The van der Waals surface area contributed by atoms with Gasteiger partial charge in [-0.3, -0.25) is 9.59 Å². The average molecular weight is 364 g/mol. The van der Waals surface area contributed by atoms with Gasteiger partial charge in [0.15, 0.2) is 5.41 Å². The van der Waals surface area contributed by atoms with E-state index in [1.54, 1.807) is 6.08 Å². The molecule has 0 aliphatic heterocycles. The minimum atomic E-state index is -1.56. The van der Waals surface area contributed by atoms with Crippen LogP contribution in [0.1, 0.15) is 23.5 Å². The number of hydrogen-bond acceptors (Lipinski definition) is 4. The molecule has 0 bridgehead atoms. The number of rotatable bonds is 8. The second-order valence-corrected chi connectivity index (χ2v) is 6.11. The molecule has 2 aromatic rings. The molecule has 0 aromatic heterocycles. The normalized spacial score (nSPS) is 12.4. The highest BCUT2D eigenvalue weighted by Gasteiger charge is 2.53. The Kier molecular flexibility index (Phi) is 7.12. The van der Waals surface area contributed by atoms with Gasteiger partial charge >= 0.3 is 11.9 Å². The van der Waals surface area contributed by atoms with Gasteiger partial charge in [-0.25, -0.2) is 0 Å². The molecule has 0 N–H and O–H groups in total. The first-order chi connectivity index (χ1) is 13.1. The van der Waals surface area contributed by atoms with Crippen LogP contribution in [0, 0.1) is 5.41 Å². The number of benzene rings is 2. The van der Waals surface area contributed by atoms with E-state index < -0.39 is 23.3 Å². The van der Waals surface area contributed by atoms with E-state index in [2.05, 4.69) is 6.58 Å². The summed E-state index contributed by atoms with van der Waals surface area (Å²) in [6, 6.07) is 19.0. The molecule has 0 aliphatic carbocycles. The number of ether oxygens (including phenoxy) is 2. The molecule has 0 amide bonds. The Hall–Kier alpha value is -3.14. The number of allylic oxidation sites excluding steroid dienone is 2. The fraction of sp³-hybridized carbons (Fsp3) is 0.217. The number of hydrogen-bond donors (Lipinski definition) is 0. The first kappa shape index (κ1) is 20.2. The molecule has 4 heteroatoms. The van der Waals surface area contributed by atoms with Gasteiger partial charge in [0, 0.05) is 5.92 Å². The first-order valence-corrected chi connectivity index (χ1v) is 8.66. The summed E-state index contributed by atoms with van der Waals surface area (Å²) in [6.45, 7) is 3.73. The molecule has 1 unspecified atom stereocenters. The summed E-state index contributed by atoms with van der Waals surface area (Å²) in [7, 11) is 2.54. The zero-order valence-electron chi connectivity index (χ0n) is 15.6. The van der Waals surface area contributed by atoms with Gasteiger partial charge in [0.1, 0.15) is 0 Å². The van der Waals surface area contributed by atoms with Crippen molar-refractivity contribution in [3.8, 4) is 0 Å². The summed E-state index contributed by atoms with van der Waals surface area (Å²) in [6.07, 6.45) is 5.37. The Balaban J connectivity index is 2.66. The van der Waals surface area contributed by atoms with E-state index in [0.717, 1.165) is 11.1 Å². The van der Waals surface area contributed by atoms with E-state index in [1.165, 1.54) is 14.2 Å². The Labute approximate surface area is 160 Å². The molecular formula is C23H24O4.